The van der Waals surface area contributed by atoms with Crippen molar-refractivity contribution >= 4 is 17.6 Å². The Balaban J connectivity index is 1.98. The highest BCUT2D eigenvalue weighted by molar-refractivity contribution is 5.88. The molecule has 0 spiro atoms. The molecule has 0 aromatic heterocycles. The first-order chi connectivity index (χ1) is 10.6. The molecule has 0 saturated carbocycles. The Hall–Kier alpha value is -2.82. The molecule has 5 heteroatoms. The van der Waals surface area contributed by atoms with E-state index in [1.54, 1.807) is 48.5 Å². The second-order valence-electron chi connectivity index (χ2n) is 4.68. The van der Waals surface area contributed by atoms with E-state index in [-0.39, 0.29) is 18.3 Å². The van der Waals surface area contributed by atoms with Gasteiger partial charge in [0.25, 0.3) is 0 Å². The van der Waals surface area contributed by atoms with Gasteiger partial charge in [0.05, 0.1) is 13.5 Å². The first-order valence-corrected chi connectivity index (χ1v) is 6.78. The van der Waals surface area contributed by atoms with Crippen LogP contribution in [0.15, 0.2) is 48.5 Å². The summed E-state index contributed by atoms with van der Waals surface area (Å²) >= 11 is 0. The summed E-state index contributed by atoms with van der Waals surface area (Å²) in [6.45, 7) is 1.44. The van der Waals surface area contributed by atoms with E-state index in [9.17, 15) is 9.59 Å². The molecule has 0 radical (unpaired) electrons. The van der Waals surface area contributed by atoms with Crippen molar-refractivity contribution in [2.24, 2.45) is 0 Å². The van der Waals surface area contributed by atoms with Crippen molar-refractivity contribution in [3.63, 3.8) is 0 Å². The number of nitrogens with one attached hydrogen (secondary N) is 1. The van der Waals surface area contributed by atoms with Gasteiger partial charge in [0.15, 0.2) is 11.5 Å². The minimum absolute atomic E-state index is 0.136. The minimum Gasteiger partial charge on any atom is -0.493 e. The lowest BCUT2D eigenvalue weighted by molar-refractivity contribution is -0.133. The van der Waals surface area contributed by atoms with Gasteiger partial charge in [0, 0.05) is 12.6 Å². The molecule has 22 heavy (non-hydrogen) atoms. The molecule has 5 nitrogen and oxygen atoms in total. The molecule has 2 aromatic rings. The molecule has 0 aliphatic rings. The molecule has 0 aliphatic carbocycles. The Morgan fingerprint density at radius 2 is 1.64 bits per heavy atom. The van der Waals surface area contributed by atoms with Gasteiger partial charge >= 0.3 is 5.97 Å². The van der Waals surface area contributed by atoms with Gasteiger partial charge < -0.3 is 14.8 Å². The molecule has 114 valence electrons. The Morgan fingerprint density at radius 1 is 1.00 bits per heavy atom. The standard InChI is InChI=1S/C17H17NO4/c1-12(19)18-14-9-7-13(8-10-14)11-17(20)22-16-6-4-3-5-15(16)21-2/h3-10H,11H2,1-2H3,(H,18,19). The molecule has 0 atom stereocenters. The largest absolute Gasteiger partial charge is 0.493 e. The Kier molecular flexibility index (Phi) is 5.14. The molecule has 0 aliphatic heterocycles. The summed E-state index contributed by atoms with van der Waals surface area (Å²) < 4.78 is 10.4. The molecule has 0 heterocycles. The lowest BCUT2D eigenvalue weighted by atomic mass is 10.1. The Labute approximate surface area is 128 Å². The maximum absolute atomic E-state index is 12.0. The average Bonchev–Trinajstić information content (AvgIpc) is 2.49. The van der Waals surface area contributed by atoms with Crippen molar-refractivity contribution < 1.29 is 19.1 Å². The van der Waals surface area contributed by atoms with Crippen molar-refractivity contribution in [2.45, 2.75) is 13.3 Å². The van der Waals surface area contributed by atoms with Gasteiger partial charge in [-0.25, -0.2) is 0 Å². The summed E-state index contributed by atoms with van der Waals surface area (Å²) in [6, 6.07) is 14.0. The third kappa shape index (κ3) is 4.34. The normalized spacial score (nSPS) is 9.91. The highest BCUT2D eigenvalue weighted by atomic mass is 16.6. The van der Waals surface area contributed by atoms with Crippen LogP contribution in [0, 0.1) is 0 Å². The quantitative estimate of drug-likeness (QED) is 0.681. The van der Waals surface area contributed by atoms with E-state index >= 15 is 0 Å². The fraction of sp³-hybridized carbons (Fsp3) is 0.176. The van der Waals surface area contributed by atoms with Crippen molar-refractivity contribution in [3.8, 4) is 11.5 Å². The summed E-state index contributed by atoms with van der Waals surface area (Å²) in [4.78, 5) is 22.9. The van der Waals surface area contributed by atoms with Crippen LogP contribution in [0.2, 0.25) is 0 Å². The zero-order chi connectivity index (χ0) is 15.9. The number of methoxy groups -OCH3 is 1. The zero-order valence-corrected chi connectivity index (χ0v) is 12.5. The molecule has 1 amide bonds. The number of ether oxygens (including phenoxy) is 2. The highest BCUT2D eigenvalue weighted by Gasteiger charge is 2.10. The van der Waals surface area contributed by atoms with Crippen LogP contribution in [0.5, 0.6) is 11.5 Å². The number of carbonyl (C=O) groups is 2. The number of anilines is 1. The van der Waals surface area contributed by atoms with E-state index in [0.29, 0.717) is 17.2 Å². The highest BCUT2D eigenvalue weighted by Crippen LogP contribution is 2.26. The molecular weight excluding hydrogens is 282 g/mol. The van der Waals surface area contributed by atoms with E-state index in [1.165, 1.54) is 14.0 Å². The van der Waals surface area contributed by atoms with Crippen LogP contribution in [-0.4, -0.2) is 19.0 Å². The minimum atomic E-state index is -0.378. The summed E-state index contributed by atoms with van der Waals surface area (Å²) in [6.07, 6.45) is 0.137. The Morgan fingerprint density at radius 3 is 2.23 bits per heavy atom. The molecule has 2 rings (SSSR count). The summed E-state index contributed by atoms with van der Waals surface area (Å²) in [5, 5.41) is 2.67. The molecule has 0 saturated heterocycles. The van der Waals surface area contributed by atoms with E-state index in [2.05, 4.69) is 5.32 Å². The molecule has 0 bridgehead atoms. The van der Waals surface area contributed by atoms with Crippen LogP contribution in [0.4, 0.5) is 5.69 Å². The third-order valence-corrected chi connectivity index (χ3v) is 2.92. The number of hydrogen-bond donors (Lipinski definition) is 1. The summed E-state index contributed by atoms with van der Waals surface area (Å²) in [5.41, 5.74) is 1.49. The van der Waals surface area contributed by atoms with Crippen LogP contribution in [0.25, 0.3) is 0 Å². The lowest BCUT2D eigenvalue weighted by Gasteiger charge is -2.09. The van der Waals surface area contributed by atoms with Gasteiger partial charge in [0.2, 0.25) is 5.91 Å². The number of rotatable bonds is 5. The zero-order valence-electron chi connectivity index (χ0n) is 12.5. The van der Waals surface area contributed by atoms with Gasteiger partial charge in [0.1, 0.15) is 0 Å². The van der Waals surface area contributed by atoms with Crippen LogP contribution < -0.4 is 14.8 Å². The SMILES string of the molecule is COc1ccccc1OC(=O)Cc1ccc(NC(C)=O)cc1. The molecule has 0 unspecified atom stereocenters. The Bertz CT molecular complexity index is 665. The summed E-state index contributed by atoms with van der Waals surface area (Å²) in [5.74, 6) is 0.391. The van der Waals surface area contributed by atoms with Gasteiger partial charge in [-0.3, -0.25) is 9.59 Å². The number of benzene rings is 2. The van der Waals surface area contributed by atoms with Crippen LogP contribution in [0.3, 0.4) is 0 Å². The fourth-order valence-electron chi connectivity index (χ4n) is 1.94. The topological polar surface area (TPSA) is 64.6 Å². The van der Waals surface area contributed by atoms with E-state index in [4.69, 9.17) is 9.47 Å². The maximum atomic E-state index is 12.0. The van der Waals surface area contributed by atoms with E-state index < -0.39 is 0 Å². The van der Waals surface area contributed by atoms with E-state index in [0.717, 1.165) is 5.56 Å². The number of esters is 1. The predicted molar refractivity (Wildman–Crippen MR) is 83.1 cm³/mol. The number of carbonyl (C=O) groups excluding carboxylic acids is 2. The monoisotopic (exact) mass is 299 g/mol. The van der Waals surface area contributed by atoms with Gasteiger partial charge in [-0.1, -0.05) is 24.3 Å². The van der Waals surface area contributed by atoms with Gasteiger partial charge in [-0.2, -0.15) is 0 Å². The lowest BCUT2D eigenvalue weighted by Crippen LogP contribution is -2.12. The second-order valence-corrected chi connectivity index (χ2v) is 4.68. The smallest absolute Gasteiger partial charge is 0.315 e. The van der Waals surface area contributed by atoms with Crippen LogP contribution in [-0.2, 0) is 16.0 Å². The second kappa shape index (κ2) is 7.26. The molecule has 2 aromatic carbocycles. The first-order valence-electron chi connectivity index (χ1n) is 6.78. The first kappa shape index (κ1) is 15.6. The predicted octanol–water partition coefficient (Wildman–Crippen LogP) is 2.80. The number of amides is 1. The van der Waals surface area contributed by atoms with E-state index in [1.807, 2.05) is 0 Å². The molecule has 1 N–H and O–H groups in total. The van der Waals surface area contributed by atoms with Crippen molar-refractivity contribution in [3.05, 3.63) is 54.1 Å². The number of hydrogen-bond acceptors (Lipinski definition) is 4. The summed E-state index contributed by atoms with van der Waals surface area (Å²) in [7, 11) is 1.52. The van der Waals surface area contributed by atoms with Crippen molar-refractivity contribution in [2.75, 3.05) is 12.4 Å². The van der Waals surface area contributed by atoms with Crippen molar-refractivity contribution in [1.82, 2.24) is 0 Å². The molecule has 0 fully saturated rings. The van der Waals surface area contributed by atoms with Crippen LogP contribution in [0.1, 0.15) is 12.5 Å². The van der Waals surface area contributed by atoms with Gasteiger partial charge in [-0.15, -0.1) is 0 Å². The third-order valence-electron chi connectivity index (χ3n) is 2.92. The molecular formula is C17H17NO4. The maximum Gasteiger partial charge on any atom is 0.315 e. The average molecular weight is 299 g/mol. The van der Waals surface area contributed by atoms with Gasteiger partial charge in [-0.05, 0) is 29.8 Å². The van der Waals surface area contributed by atoms with Crippen molar-refractivity contribution in [1.29, 1.82) is 0 Å². The van der Waals surface area contributed by atoms with Crippen LogP contribution >= 0.6 is 0 Å². The number of para-hydroxylation sites is 2. The fourth-order valence-corrected chi connectivity index (χ4v) is 1.94.